The van der Waals surface area contributed by atoms with Gasteiger partial charge >= 0.3 is 17.9 Å². The molecule has 1 atom stereocenters. The second kappa shape index (κ2) is 65.5. The third-order valence-corrected chi connectivity index (χ3v) is 13.0. The van der Waals surface area contributed by atoms with Gasteiger partial charge in [0.1, 0.15) is 13.2 Å². The molecule has 0 fully saturated rings. The third kappa shape index (κ3) is 63.7. The minimum Gasteiger partial charge on any atom is -0.462 e. The van der Waals surface area contributed by atoms with Crippen molar-refractivity contribution >= 4 is 17.9 Å². The first-order valence-electron chi connectivity index (χ1n) is 32.0. The number of allylic oxidation sites excluding steroid dienone is 26. The smallest absolute Gasteiger partial charge is 0.306 e. The van der Waals surface area contributed by atoms with E-state index in [9.17, 15) is 14.4 Å². The normalized spacial score (nSPS) is 13.2. The molecule has 6 nitrogen and oxygen atoms in total. The zero-order chi connectivity index (χ0) is 57.1. The topological polar surface area (TPSA) is 78.9 Å². The van der Waals surface area contributed by atoms with Crippen molar-refractivity contribution in [3.05, 3.63) is 158 Å². The Labute approximate surface area is 486 Å². The van der Waals surface area contributed by atoms with Gasteiger partial charge in [0.05, 0.1) is 0 Å². The van der Waals surface area contributed by atoms with Crippen LogP contribution >= 0.6 is 0 Å². The molecule has 0 heterocycles. The minimum absolute atomic E-state index is 0.112. The van der Waals surface area contributed by atoms with Gasteiger partial charge in [-0.3, -0.25) is 14.4 Å². The van der Waals surface area contributed by atoms with Crippen molar-refractivity contribution in [2.45, 2.75) is 271 Å². The van der Waals surface area contributed by atoms with Crippen molar-refractivity contribution in [3.8, 4) is 0 Å². The van der Waals surface area contributed by atoms with E-state index >= 15 is 0 Å². The Morgan fingerprint density at radius 2 is 0.481 bits per heavy atom. The predicted molar refractivity (Wildman–Crippen MR) is 343 cm³/mol. The van der Waals surface area contributed by atoms with Gasteiger partial charge in [0.2, 0.25) is 0 Å². The first-order chi connectivity index (χ1) is 39.0. The van der Waals surface area contributed by atoms with Crippen molar-refractivity contribution in [1.29, 1.82) is 0 Å². The Bertz CT molecular complexity index is 1780. The highest BCUT2D eigenvalue weighted by molar-refractivity contribution is 5.71. The van der Waals surface area contributed by atoms with Crippen LogP contribution in [-0.2, 0) is 28.6 Å². The summed E-state index contributed by atoms with van der Waals surface area (Å²) in [6.45, 7) is 6.22. The molecule has 0 aliphatic carbocycles. The van der Waals surface area contributed by atoms with E-state index in [-0.39, 0.29) is 37.5 Å². The number of ether oxygens (including phenoxy) is 3. The number of hydrogen-bond donors (Lipinski definition) is 0. The average Bonchev–Trinajstić information content (AvgIpc) is 3.45. The predicted octanol–water partition coefficient (Wildman–Crippen LogP) is 22.1. The van der Waals surface area contributed by atoms with Gasteiger partial charge in [-0.05, 0) is 128 Å². The average molecular weight is 1090 g/mol. The Morgan fingerprint density at radius 3 is 0.785 bits per heavy atom. The fourth-order valence-corrected chi connectivity index (χ4v) is 8.36. The summed E-state index contributed by atoms with van der Waals surface area (Å²) in [5.74, 6) is -1.01. The van der Waals surface area contributed by atoms with Crippen molar-refractivity contribution in [3.63, 3.8) is 0 Å². The molecule has 444 valence electrons. The molecule has 0 aromatic rings. The van der Waals surface area contributed by atoms with E-state index in [0.717, 1.165) is 135 Å². The maximum Gasteiger partial charge on any atom is 0.306 e. The quantitative estimate of drug-likeness (QED) is 0.0261. The summed E-state index contributed by atoms with van der Waals surface area (Å²) < 4.78 is 16.8. The molecule has 0 aromatic carbocycles. The molecule has 0 amide bonds. The van der Waals surface area contributed by atoms with Gasteiger partial charge in [0.15, 0.2) is 6.10 Å². The monoisotopic (exact) mass is 1090 g/mol. The second-order valence-electron chi connectivity index (χ2n) is 20.5. The minimum atomic E-state index is -0.823. The molecule has 0 aliphatic heterocycles. The number of carbonyl (C=O) groups excluding carboxylic acids is 3. The van der Waals surface area contributed by atoms with Crippen molar-refractivity contribution in [2.24, 2.45) is 0 Å². The lowest BCUT2D eigenvalue weighted by molar-refractivity contribution is -0.166. The number of unbranched alkanes of at least 4 members (excludes halogenated alkanes) is 19. The summed E-state index contributed by atoms with van der Waals surface area (Å²) in [5, 5.41) is 0. The summed E-state index contributed by atoms with van der Waals surface area (Å²) >= 11 is 0. The summed E-state index contributed by atoms with van der Waals surface area (Å²) in [6, 6.07) is 0. The van der Waals surface area contributed by atoms with Gasteiger partial charge < -0.3 is 14.2 Å². The second-order valence-corrected chi connectivity index (χ2v) is 20.5. The lowest BCUT2D eigenvalue weighted by Crippen LogP contribution is -2.30. The van der Waals surface area contributed by atoms with Crippen molar-refractivity contribution < 1.29 is 28.6 Å². The van der Waals surface area contributed by atoms with E-state index in [1.54, 1.807) is 0 Å². The Morgan fingerprint density at radius 1 is 0.253 bits per heavy atom. The van der Waals surface area contributed by atoms with Crippen LogP contribution < -0.4 is 0 Å². The van der Waals surface area contributed by atoms with E-state index in [0.29, 0.717) is 19.3 Å². The van der Waals surface area contributed by atoms with Crippen LogP contribution in [0.1, 0.15) is 265 Å². The van der Waals surface area contributed by atoms with Crippen LogP contribution in [-0.4, -0.2) is 37.2 Å². The molecule has 0 aromatic heterocycles. The number of hydrogen-bond acceptors (Lipinski definition) is 6. The van der Waals surface area contributed by atoms with E-state index in [2.05, 4.69) is 173 Å². The maximum atomic E-state index is 12.9. The van der Waals surface area contributed by atoms with Gasteiger partial charge in [0, 0.05) is 19.3 Å². The van der Waals surface area contributed by atoms with E-state index in [1.807, 2.05) is 6.08 Å². The summed E-state index contributed by atoms with van der Waals surface area (Å²) in [7, 11) is 0. The molecular weight excluding hydrogens is 973 g/mol. The Kier molecular flexibility index (Phi) is 61.4. The van der Waals surface area contributed by atoms with E-state index in [4.69, 9.17) is 14.2 Å². The summed E-state index contributed by atoms with van der Waals surface area (Å²) in [4.78, 5) is 38.3. The lowest BCUT2D eigenvalue weighted by atomic mass is 10.0. The van der Waals surface area contributed by atoms with Gasteiger partial charge in [-0.25, -0.2) is 0 Å². The molecule has 1 unspecified atom stereocenters. The molecule has 0 aliphatic rings. The molecule has 0 saturated heterocycles. The first-order valence-corrected chi connectivity index (χ1v) is 32.0. The Balaban J connectivity index is 4.35. The number of esters is 3. The molecule has 6 heteroatoms. The van der Waals surface area contributed by atoms with Gasteiger partial charge in [0.25, 0.3) is 0 Å². The fourth-order valence-electron chi connectivity index (χ4n) is 8.36. The maximum absolute atomic E-state index is 12.9. The van der Waals surface area contributed by atoms with Crippen LogP contribution in [0.2, 0.25) is 0 Å². The molecule has 0 N–H and O–H groups in total. The van der Waals surface area contributed by atoms with Gasteiger partial charge in [-0.2, -0.15) is 0 Å². The van der Waals surface area contributed by atoms with Crippen LogP contribution in [0.15, 0.2) is 158 Å². The van der Waals surface area contributed by atoms with Crippen molar-refractivity contribution in [1.82, 2.24) is 0 Å². The molecular formula is C73H116O6. The molecule has 0 spiro atoms. The molecule has 79 heavy (non-hydrogen) atoms. The zero-order valence-corrected chi connectivity index (χ0v) is 50.8. The van der Waals surface area contributed by atoms with Crippen LogP contribution in [0.4, 0.5) is 0 Å². The molecule has 0 saturated carbocycles. The fraction of sp³-hybridized carbons (Fsp3) is 0.603. The summed E-state index contributed by atoms with van der Waals surface area (Å²) in [5.41, 5.74) is 0. The molecule has 0 bridgehead atoms. The Hall–Kier alpha value is -4.97. The van der Waals surface area contributed by atoms with Crippen molar-refractivity contribution in [2.75, 3.05) is 13.2 Å². The largest absolute Gasteiger partial charge is 0.462 e. The highest BCUT2D eigenvalue weighted by atomic mass is 16.6. The molecule has 0 rings (SSSR count). The van der Waals surface area contributed by atoms with E-state index < -0.39 is 6.10 Å². The van der Waals surface area contributed by atoms with Gasteiger partial charge in [-0.1, -0.05) is 275 Å². The lowest BCUT2D eigenvalue weighted by Gasteiger charge is -2.18. The summed E-state index contributed by atoms with van der Waals surface area (Å²) in [6.07, 6.45) is 95.5. The van der Waals surface area contributed by atoms with Gasteiger partial charge in [-0.15, -0.1) is 0 Å². The number of carbonyl (C=O) groups is 3. The van der Waals surface area contributed by atoms with Crippen LogP contribution in [0.25, 0.3) is 0 Å². The van der Waals surface area contributed by atoms with Crippen LogP contribution in [0, 0.1) is 0 Å². The van der Waals surface area contributed by atoms with Crippen LogP contribution in [0.3, 0.4) is 0 Å². The highest BCUT2D eigenvalue weighted by Crippen LogP contribution is 2.15. The third-order valence-electron chi connectivity index (χ3n) is 13.0. The zero-order valence-electron chi connectivity index (χ0n) is 50.8. The SMILES string of the molecule is CC/C=C\C/C=C\C/C=C\C/C=C\C/C=C\CCCCCCCCCCCCCCCC(=O)OCC(COC(=O)CC/C=C\C/C=C\C/C=C\C/C=C\CC)OC(=O)CCCCCCCC/C=C\C/C=C\C/C=C\C/C=C\CC. The van der Waals surface area contributed by atoms with E-state index in [1.165, 1.54) is 83.5 Å². The molecule has 0 radical (unpaired) electrons. The standard InChI is InChI=1S/C73H116O6/c1-4-7-10-13-16-19-22-25-27-29-31-32-33-34-35-36-37-38-39-40-42-43-45-48-51-54-57-60-63-66-72(75)78-69-70(68-77-71(74)65-62-59-56-53-50-47-24-21-18-15-12-9-6-3)79-73(76)67-64-61-58-55-52-49-46-44-41-30-28-26-23-20-17-14-11-8-5-2/h7-12,16-21,25-28,31-32,34-35,41,44,47,50,56,59,70H,4-6,13-15,22-24,29-30,33,36-40,42-43,45-46,48-49,51-55,57-58,60-69H2,1-3H3/b10-7-,11-8-,12-9-,19-16-,20-17-,21-18-,27-25-,28-26-,32-31-,35-34-,44-41-,50-47-,59-56-. The van der Waals surface area contributed by atoms with Crippen LogP contribution in [0.5, 0.6) is 0 Å². The first kappa shape index (κ1) is 74.0. The highest BCUT2D eigenvalue weighted by Gasteiger charge is 2.19. The number of rotatable bonds is 56.